The van der Waals surface area contributed by atoms with E-state index in [4.69, 9.17) is 4.74 Å². The standard InChI is InChI=1S/C10H11O.BrH.Mg/c1-2-8-3-4-10-9(7-8)5-6-11-10;;/h3-4,7H,1-2,5-6H2;1H;/q;;+1/p-1. The molecule has 0 spiro atoms. The Balaban J connectivity index is 2.12. The molecule has 0 radical (unpaired) electrons. The largest absolute Gasteiger partial charge is 0.493 e. The van der Waals surface area contributed by atoms with E-state index >= 15 is 0 Å². The molecule has 13 heavy (non-hydrogen) atoms. The van der Waals surface area contributed by atoms with Gasteiger partial charge >= 0.3 is 18.2 Å². The Morgan fingerprint density at radius 3 is 3.23 bits per heavy atom. The lowest BCUT2D eigenvalue weighted by Gasteiger charge is -2.02. The molecule has 0 saturated carbocycles. The Hall–Kier alpha value is 0.266. The van der Waals surface area contributed by atoms with Crippen LogP contribution in [-0.2, 0) is 12.8 Å². The number of halogens is 1. The maximum absolute atomic E-state index is 5.46. The summed E-state index contributed by atoms with van der Waals surface area (Å²) in [6.45, 7) is 0.867. The van der Waals surface area contributed by atoms with E-state index in [9.17, 15) is 0 Å². The smallest absolute Gasteiger partial charge is 0.468 e. The summed E-state index contributed by atoms with van der Waals surface area (Å²) in [5, 5.41) is 0. The van der Waals surface area contributed by atoms with Crippen LogP contribution in [0.15, 0.2) is 18.2 Å². The summed E-state index contributed by atoms with van der Waals surface area (Å²) in [7, 11) is 0. The van der Waals surface area contributed by atoms with E-state index in [1.165, 1.54) is 22.1 Å². The van der Waals surface area contributed by atoms with E-state index in [0.717, 1.165) is 18.8 Å². The van der Waals surface area contributed by atoms with Gasteiger partial charge in [0, 0.05) is 6.42 Å². The summed E-state index contributed by atoms with van der Waals surface area (Å²) in [5.74, 6) is 1.10. The molecule has 3 heteroatoms. The lowest BCUT2D eigenvalue weighted by atomic mass is 10.1. The van der Waals surface area contributed by atoms with Crippen molar-refractivity contribution in [3.8, 4) is 5.75 Å². The van der Waals surface area contributed by atoms with Crippen molar-refractivity contribution in [1.82, 2.24) is 0 Å². The molecule has 0 N–H and O–H groups in total. The van der Waals surface area contributed by atoms with Crippen LogP contribution in [-0.4, -0.2) is 24.8 Å². The van der Waals surface area contributed by atoms with E-state index in [2.05, 4.69) is 31.1 Å². The van der Waals surface area contributed by atoms with Gasteiger partial charge in [-0.1, -0.05) is 12.1 Å². The summed E-state index contributed by atoms with van der Waals surface area (Å²) in [6.07, 6.45) is 2.32. The maximum atomic E-state index is 5.46. The van der Waals surface area contributed by atoms with Gasteiger partial charge < -0.3 is 17.6 Å². The molecule has 0 fully saturated rings. The molecule has 1 aliphatic rings. The predicted octanol–water partition coefficient (Wildman–Crippen LogP) is 2.60. The van der Waals surface area contributed by atoms with Crippen LogP contribution in [0.2, 0.25) is 4.55 Å². The molecule has 0 aromatic heterocycles. The fourth-order valence-corrected chi connectivity index (χ4v) is 3.05. The molecule has 1 aromatic rings. The number of rotatable bonds is 3. The second-order valence-corrected chi connectivity index (χ2v) is 6.80. The molecule has 66 valence electrons. The lowest BCUT2D eigenvalue weighted by Crippen LogP contribution is -1.88. The van der Waals surface area contributed by atoms with E-state index in [-0.39, 0.29) is 18.2 Å². The average Bonchev–Trinajstić information content (AvgIpc) is 2.61. The topological polar surface area (TPSA) is 9.23 Å². The zero-order chi connectivity index (χ0) is 9.10. The van der Waals surface area contributed by atoms with Gasteiger partial charge in [0.2, 0.25) is 0 Å². The van der Waals surface area contributed by atoms with Gasteiger partial charge in [-0.3, -0.25) is 0 Å². The number of hydrogen-bond donors (Lipinski definition) is 0. The summed E-state index contributed by atoms with van der Waals surface area (Å²) in [5.41, 5.74) is 2.87. The van der Waals surface area contributed by atoms with Crippen LogP contribution in [0.3, 0.4) is 0 Å². The second kappa shape index (κ2) is 4.67. The summed E-state index contributed by atoms with van der Waals surface area (Å²) in [6, 6.07) is 6.62. The van der Waals surface area contributed by atoms with E-state index in [1.54, 1.807) is 0 Å². The minimum Gasteiger partial charge on any atom is -0.493 e. The molecular formula is C10H11BrMgO. The molecule has 1 aromatic carbocycles. The highest BCUT2D eigenvalue weighted by atomic mass is 79.9. The predicted molar refractivity (Wildman–Crippen MR) is 58.8 cm³/mol. The number of fused-ring (bicyclic) bond motifs is 1. The average molecular weight is 251 g/mol. The van der Waals surface area contributed by atoms with Gasteiger partial charge in [0.1, 0.15) is 5.75 Å². The minimum atomic E-state index is 0.0388. The number of hydrogen-bond acceptors (Lipinski definition) is 1. The van der Waals surface area contributed by atoms with Crippen LogP contribution in [0.5, 0.6) is 5.75 Å². The van der Waals surface area contributed by atoms with Crippen molar-refractivity contribution >= 4 is 31.1 Å². The van der Waals surface area contributed by atoms with Gasteiger partial charge in [-0.05, 0) is 23.6 Å². The van der Waals surface area contributed by atoms with Crippen LogP contribution in [0.25, 0.3) is 0 Å². The Kier molecular flexibility index (Phi) is 3.52. The van der Waals surface area contributed by atoms with Gasteiger partial charge in [-0.15, -0.1) is 4.55 Å². The number of aryl methyl sites for hydroxylation is 1. The molecule has 2 rings (SSSR count). The third kappa shape index (κ3) is 2.39. The fourth-order valence-electron chi connectivity index (χ4n) is 1.67. The third-order valence-electron chi connectivity index (χ3n) is 2.35. The third-order valence-corrected chi connectivity index (χ3v) is 4.66. The molecular weight excluding hydrogens is 240 g/mol. The molecule has 0 amide bonds. The van der Waals surface area contributed by atoms with Crippen molar-refractivity contribution in [2.24, 2.45) is 0 Å². The normalized spacial score (nSPS) is 13.3. The molecule has 1 aliphatic heterocycles. The summed E-state index contributed by atoms with van der Waals surface area (Å²) < 4.78 is 6.80. The van der Waals surface area contributed by atoms with Crippen molar-refractivity contribution in [3.63, 3.8) is 0 Å². The number of benzene rings is 1. The zero-order valence-corrected chi connectivity index (χ0v) is 10.6. The molecule has 1 heterocycles. The van der Waals surface area contributed by atoms with Crippen LogP contribution in [0.4, 0.5) is 0 Å². The van der Waals surface area contributed by atoms with Gasteiger partial charge in [-0.2, -0.15) is 0 Å². The van der Waals surface area contributed by atoms with Gasteiger partial charge in [-0.25, -0.2) is 0 Å². The minimum absolute atomic E-state index is 0.0388. The molecule has 0 aliphatic carbocycles. The summed E-state index contributed by atoms with van der Waals surface area (Å²) >= 11 is 3.62. The maximum Gasteiger partial charge on any atom is 0.468 e. The Morgan fingerprint density at radius 1 is 1.46 bits per heavy atom. The van der Waals surface area contributed by atoms with Gasteiger partial charge in [0.15, 0.2) is 0 Å². The Bertz CT molecular complexity index is 301. The Morgan fingerprint density at radius 2 is 2.38 bits per heavy atom. The van der Waals surface area contributed by atoms with E-state index in [1.807, 2.05) is 0 Å². The molecule has 0 atom stereocenters. The highest BCUT2D eigenvalue weighted by Crippen LogP contribution is 2.26. The molecule has 0 saturated heterocycles. The first-order valence-corrected chi connectivity index (χ1v) is 9.60. The highest BCUT2D eigenvalue weighted by molar-refractivity contribution is 9.23. The fraction of sp³-hybridized carbons (Fsp3) is 0.400. The quantitative estimate of drug-likeness (QED) is 0.750. The molecule has 1 nitrogen and oxygen atoms in total. The molecule has 0 bridgehead atoms. The van der Waals surface area contributed by atoms with Crippen LogP contribution in [0, 0.1) is 0 Å². The van der Waals surface area contributed by atoms with Crippen LogP contribution < -0.4 is 4.74 Å². The summed E-state index contributed by atoms with van der Waals surface area (Å²) in [4.78, 5) is 0. The van der Waals surface area contributed by atoms with E-state index in [0.29, 0.717) is 0 Å². The Labute approximate surface area is 94.5 Å². The zero-order valence-electron chi connectivity index (χ0n) is 7.55. The molecule has 0 unspecified atom stereocenters. The monoisotopic (exact) mass is 250 g/mol. The highest BCUT2D eigenvalue weighted by Gasteiger charge is 2.11. The van der Waals surface area contributed by atoms with Crippen molar-refractivity contribution < 1.29 is 4.74 Å². The first-order chi connectivity index (χ1) is 6.40. The first kappa shape index (κ1) is 9.81. The van der Waals surface area contributed by atoms with Crippen LogP contribution in [0.1, 0.15) is 11.1 Å². The van der Waals surface area contributed by atoms with Gasteiger partial charge in [0.25, 0.3) is 0 Å². The van der Waals surface area contributed by atoms with Crippen molar-refractivity contribution in [3.05, 3.63) is 29.3 Å². The second-order valence-electron chi connectivity index (χ2n) is 3.33. The van der Waals surface area contributed by atoms with Crippen LogP contribution >= 0.6 is 12.9 Å². The van der Waals surface area contributed by atoms with Gasteiger partial charge in [0.05, 0.1) is 6.61 Å². The SMILES string of the molecule is [Br][Mg][CH2]Cc1ccc2c(c1)CCO2. The first-order valence-electron chi connectivity index (χ1n) is 4.71. The van der Waals surface area contributed by atoms with Crippen molar-refractivity contribution in [2.45, 2.75) is 17.4 Å². The van der Waals surface area contributed by atoms with Crippen molar-refractivity contribution in [1.29, 1.82) is 0 Å². The lowest BCUT2D eigenvalue weighted by molar-refractivity contribution is 0.357. The van der Waals surface area contributed by atoms with E-state index < -0.39 is 0 Å². The number of ether oxygens (including phenoxy) is 1. The van der Waals surface area contributed by atoms with Crippen molar-refractivity contribution in [2.75, 3.05) is 6.61 Å².